The van der Waals surface area contributed by atoms with Crippen molar-refractivity contribution in [2.45, 2.75) is 123 Å². The first-order chi connectivity index (χ1) is 17.0. The first-order valence-corrected chi connectivity index (χ1v) is 15.3. The third-order valence-corrected chi connectivity index (χ3v) is 6.72. The van der Waals surface area contributed by atoms with Gasteiger partial charge in [-0.2, -0.15) is 4.57 Å². The third-order valence-electron chi connectivity index (χ3n) is 6.27. The minimum absolute atomic E-state index is 0.0301. The lowest BCUT2D eigenvalue weighted by Crippen LogP contribution is -2.33. The molecule has 6 heteroatoms. The van der Waals surface area contributed by atoms with Crippen LogP contribution in [0.1, 0.15) is 117 Å². The highest BCUT2D eigenvalue weighted by atomic mass is 32.3. The molecule has 0 aliphatic heterocycles. The van der Waals surface area contributed by atoms with E-state index in [0.29, 0.717) is 6.42 Å². The van der Waals surface area contributed by atoms with Gasteiger partial charge in [0, 0.05) is 23.9 Å². The summed E-state index contributed by atoms with van der Waals surface area (Å²) in [6.07, 6.45) is 22.1. The Bertz CT molecular complexity index is 865. The lowest BCUT2D eigenvalue weighted by molar-refractivity contribution is -0.671. The smallest absolute Gasteiger partial charge is 0.217 e. The number of hydrogen-bond acceptors (Lipinski definition) is 4. The maximum Gasteiger partial charge on any atom is 0.217 e. The maximum absolute atomic E-state index is 10.1. The average molecular weight is 508 g/mol. The number of aryl methyl sites for hydroxylation is 1. The predicted molar refractivity (Wildman–Crippen MR) is 145 cm³/mol. The Morgan fingerprint density at radius 3 is 1.74 bits per heavy atom. The highest BCUT2D eigenvalue weighted by Gasteiger charge is 2.06. The van der Waals surface area contributed by atoms with Crippen molar-refractivity contribution < 1.29 is 21.7 Å². The summed E-state index contributed by atoms with van der Waals surface area (Å²) in [6.45, 7) is 5.66. The molecular weight excluding hydrogens is 458 g/mol. The molecule has 0 N–H and O–H groups in total. The SMILES string of the molecule is CCCCCCCCCCCCOS(=O)(=O)[O-].CCCCCCCC[n+]1cccc2ccccc21. The van der Waals surface area contributed by atoms with Gasteiger partial charge < -0.3 is 4.55 Å². The molecule has 0 unspecified atom stereocenters. The molecule has 1 aromatic heterocycles. The van der Waals surface area contributed by atoms with Crippen molar-refractivity contribution in [2.24, 2.45) is 0 Å². The molecular formula is C29H49NO4S. The van der Waals surface area contributed by atoms with Gasteiger partial charge in [-0.1, -0.05) is 109 Å². The number of aromatic nitrogens is 1. The molecule has 0 saturated heterocycles. The number of unbranched alkanes of at least 4 members (excludes halogenated alkanes) is 14. The van der Waals surface area contributed by atoms with Crippen LogP contribution in [-0.2, 0) is 21.1 Å². The van der Waals surface area contributed by atoms with E-state index in [1.54, 1.807) is 0 Å². The molecule has 200 valence electrons. The molecule has 0 aliphatic carbocycles. The summed E-state index contributed by atoms with van der Waals surface area (Å²) >= 11 is 0. The van der Waals surface area contributed by atoms with Gasteiger partial charge >= 0.3 is 0 Å². The zero-order valence-electron chi connectivity index (χ0n) is 22.3. The zero-order valence-corrected chi connectivity index (χ0v) is 23.1. The summed E-state index contributed by atoms with van der Waals surface area (Å²) in [5.41, 5.74) is 1.36. The molecule has 1 heterocycles. The number of pyridine rings is 1. The van der Waals surface area contributed by atoms with Crippen LogP contribution in [0.25, 0.3) is 10.9 Å². The summed E-state index contributed by atoms with van der Waals surface area (Å²) in [5.74, 6) is 0. The van der Waals surface area contributed by atoms with Crippen molar-refractivity contribution in [1.82, 2.24) is 0 Å². The monoisotopic (exact) mass is 507 g/mol. The molecule has 35 heavy (non-hydrogen) atoms. The minimum Gasteiger partial charge on any atom is -0.726 e. The van der Waals surface area contributed by atoms with Gasteiger partial charge in [-0.25, -0.2) is 8.42 Å². The van der Waals surface area contributed by atoms with E-state index in [1.165, 1.54) is 94.4 Å². The van der Waals surface area contributed by atoms with Gasteiger partial charge in [-0.3, -0.25) is 4.18 Å². The van der Waals surface area contributed by atoms with Crippen molar-refractivity contribution in [2.75, 3.05) is 6.61 Å². The van der Waals surface area contributed by atoms with Crippen LogP contribution in [0.5, 0.6) is 0 Å². The van der Waals surface area contributed by atoms with Crippen molar-refractivity contribution in [1.29, 1.82) is 0 Å². The summed E-state index contributed by atoms with van der Waals surface area (Å²) in [6, 6.07) is 13.0. The lowest BCUT2D eigenvalue weighted by Gasteiger charge is -2.06. The molecule has 0 spiro atoms. The van der Waals surface area contributed by atoms with Gasteiger partial charge in [0.2, 0.25) is 15.9 Å². The van der Waals surface area contributed by atoms with Crippen LogP contribution in [0.4, 0.5) is 0 Å². The van der Waals surface area contributed by atoms with E-state index in [0.717, 1.165) is 19.4 Å². The fraction of sp³-hybridized carbons (Fsp3) is 0.690. The van der Waals surface area contributed by atoms with E-state index in [4.69, 9.17) is 0 Å². The predicted octanol–water partition coefficient (Wildman–Crippen LogP) is 7.87. The molecule has 0 bridgehead atoms. The molecule has 0 aliphatic rings. The first kappa shape index (κ1) is 31.5. The molecule has 0 saturated carbocycles. The molecule has 2 rings (SSSR count). The number of fused-ring (bicyclic) bond motifs is 1. The quantitative estimate of drug-likeness (QED) is 0.0839. The van der Waals surface area contributed by atoms with Gasteiger partial charge in [-0.05, 0) is 25.0 Å². The molecule has 0 amide bonds. The molecule has 1 aromatic carbocycles. The standard InChI is InChI=1S/C17H24N.C12H26O4S/c1-2-3-4-5-6-9-14-18-15-10-12-16-11-7-8-13-17(16)18;1-2-3-4-5-6-7-8-9-10-11-12-16-17(13,14)15/h7-8,10-13,15H,2-6,9,14H2,1H3;2-12H2,1H3,(H,13,14,15)/q+1;/p-1. The van der Waals surface area contributed by atoms with Crippen LogP contribution in [0.3, 0.4) is 0 Å². The number of nitrogens with zero attached hydrogens (tertiary/aromatic N) is 1. The van der Waals surface area contributed by atoms with Crippen LogP contribution in [0, 0.1) is 0 Å². The highest BCUT2D eigenvalue weighted by Crippen LogP contribution is 2.11. The number of benzene rings is 1. The van der Waals surface area contributed by atoms with Crippen LogP contribution in [0.15, 0.2) is 42.6 Å². The topological polar surface area (TPSA) is 70.3 Å². The molecule has 0 fully saturated rings. The van der Waals surface area contributed by atoms with Crippen molar-refractivity contribution >= 4 is 21.3 Å². The second-order valence-corrected chi connectivity index (χ2v) is 10.5. The van der Waals surface area contributed by atoms with E-state index in [1.807, 2.05) is 0 Å². The summed E-state index contributed by atoms with van der Waals surface area (Å²) in [5, 5.41) is 1.34. The van der Waals surface area contributed by atoms with Gasteiger partial charge in [0.25, 0.3) is 0 Å². The highest BCUT2D eigenvalue weighted by molar-refractivity contribution is 7.80. The van der Waals surface area contributed by atoms with Crippen molar-refractivity contribution in [3.63, 3.8) is 0 Å². The second-order valence-electron chi connectivity index (χ2n) is 9.44. The Morgan fingerprint density at radius 1 is 0.686 bits per heavy atom. The Morgan fingerprint density at radius 2 is 1.17 bits per heavy atom. The van der Waals surface area contributed by atoms with Gasteiger partial charge in [-0.15, -0.1) is 0 Å². The first-order valence-electron chi connectivity index (χ1n) is 14.0. The fourth-order valence-electron chi connectivity index (χ4n) is 4.23. The van der Waals surface area contributed by atoms with Gasteiger partial charge in [0.1, 0.15) is 6.54 Å². The summed E-state index contributed by atoms with van der Waals surface area (Å²) in [4.78, 5) is 0. The fourth-order valence-corrected chi connectivity index (χ4v) is 4.55. The third kappa shape index (κ3) is 17.6. The zero-order chi connectivity index (χ0) is 25.6. The normalized spacial score (nSPS) is 11.4. The van der Waals surface area contributed by atoms with Gasteiger partial charge in [0.15, 0.2) is 6.20 Å². The second kappa shape index (κ2) is 20.7. The molecule has 0 radical (unpaired) electrons. The Kier molecular flexibility index (Phi) is 18.6. The minimum atomic E-state index is -4.48. The number of rotatable bonds is 19. The van der Waals surface area contributed by atoms with Crippen LogP contribution in [0.2, 0.25) is 0 Å². The van der Waals surface area contributed by atoms with E-state index in [-0.39, 0.29) is 6.61 Å². The maximum atomic E-state index is 10.1. The molecule has 5 nitrogen and oxygen atoms in total. The number of hydrogen-bond donors (Lipinski definition) is 0. The van der Waals surface area contributed by atoms with E-state index in [2.05, 4.69) is 65.2 Å². The molecule has 2 aromatic rings. The Balaban J connectivity index is 0.000000351. The average Bonchev–Trinajstić information content (AvgIpc) is 2.84. The van der Waals surface area contributed by atoms with Crippen molar-refractivity contribution in [3.8, 4) is 0 Å². The van der Waals surface area contributed by atoms with Gasteiger partial charge in [0.05, 0.1) is 6.61 Å². The van der Waals surface area contributed by atoms with E-state index < -0.39 is 10.4 Å². The Hall–Kier alpha value is -1.50. The summed E-state index contributed by atoms with van der Waals surface area (Å²) in [7, 11) is -4.48. The molecule has 0 atom stereocenters. The summed E-state index contributed by atoms with van der Waals surface area (Å²) < 4.78 is 36.8. The lowest BCUT2D eigenvalue weighted by atomic mass is 10.1. The van der Waals surface area contributed by atoms with Crippen molar-refractivity contribution in [3.05, 3.63) is 42.6 Å². The van der Waals surface area contributed by atoms with Crippen LogP contribution >= 0.6 is 0 Å². The van der Waals surface area contributed by atoms with E-state index in [9.17, 15) is 13.0 Å². The number of para-hydroxylation sites is 1. The van der Waals surface area contributed by atoms with Crippen LogP contribution in [-0.4, -0.2) is 19.6 Å². The van der Waals surface area contributed by atoms with E-state index >= 15 is 0 Å². The van der Waals surface area contributed by atoms with Crippen LogP contribution < -0.4 is 4.57 Å². The largest absolute Gasteiger partial charge is 0.726 e. The Labute approximate surface area is 215 Å².